The molecule has 1 N–H and O–H groups in total. The van der Waals surface area contributed by atoms with Crippen LogP contribution in [0.4, 0.5) is 0 Å². The lowest BCUT2D eigenvalue weighted by molar-refractivity contribution is 0.193. The topological polar surface area (TPSA) is 42.4 Å². The highest BCUT2D eigenvalue weighted by atomic mass is 79.9. The molecule has 66 valence electrons. The van der Waals surface area contributed by atoms with Gasteiger partial charge in [-0.2, -0.15) is 0 Å². The maximum absolute atomic E-state index is 9.29. The summed E-state index contributed by atoms with van der Waals surface area (Å²) in [6.07, 6.45) is -0.555. The third-order valence-electron chi connectivity index (χ3n) is 1.50. The lowest BCUT2D eigenvalue weighted by Crippen LogP contribution is -1.98. The van der Waals surface area contributed by atoms with Crippen LogP contribution in [0.5, 0.6) is 5.88 Å². The zero-order valence-corrected chi connectivity index (χ0v) is 8.50. The van der Waals surface area contributed by atoms with Gasteiger partial charge in [0, 0.05) is 5.56 Å². The fourth-order valence-electron chi connectivity index (χ4n) is 0.910. The molecule has 0 aromatic carbocycles. The van der Waals surface area contributed by atoms with Crippen molar-refractivity contribution in [3.8, 4) is 5.88 Å². The fourth-order valence-corrected chi connectivity index (χ4v) is 1.20. The zero-order chi connectivity index (χ0) is 9.14. The average molecular weight is 232 g/mol. The Balaban J connectivity index is 3.11. The molecule has 0 amide bonds. The van der Waals surface area contributed by atoms with E-state index in [1.54, 1.807) is 19.1 Å². The largest absolute Gasteiger partial charge is 0.481 e. The standard InChI is InChI=1S/C8H10BrNO2/c1-5(11)6-3-4-7(9)10-8(6)12-2/h3-5,11H,1-2H3. The third kappa shape index (κ3) is 1.95. The average Bonchev–Trinajstić information content (AvgIpc) is 2.03. The Morgan fingerprint density at radius 3 is 2.75 bits per heavy atom. The molecule has 0 bridgehead atoms. The first kappa shape index (κ1) is 9.48. The van der Waals surface area contributed by atoms with Crippen LogP contribution in [0.1, 0.15) is 18.6 Å². The van der Waals surface area contributed by atoms with Crippen LogP contribution in [-0.2, 0) is 0 Å². The summed E-state index contributed by atoms with van der Waals surface area (Å²) < 4.78 is 5.68. The number of pyridine rings is 1. The Morgan fingerprint density at radius 1 is 1.58 bits per heavy atom. The number of hydrogen-bond donors (Lipinski definition) is 1. The molecule has 0 aliphatic carbocycles. The van der Waals surface area contributed by atoms with E-state index in [9.17, 15) is 5.11 Å². The van der Waals surface area contributed by atoms with Gasteiger partial charge in [0.1, 0.15) is 4.60 Å². The molecule has 0 fully saturated rings. The Kier molecular flexibility index (Phi) is 3.05. The normalized spacial score (nSPS) is 12.7. The molecule has 1 rings (SSSR count). The maximum Gasteiger partial charge on any atom is 0.219 e. The van der Waals surface area contributed by atoms with Gasteiger partial charge >= 0.3 is 0 Å². The number of methoxy groups -OCH3 is 1. The van der Waals surface area contributed by atoms with Crippen LogP contribution in [0.25, 0.3) is 0 Å². The van der Waals surface area contributed by atoms with Gasteiger partial charge in [0.15, 0.2) is 0 Å². The second-order valence-electron chi connectivity index (χ2n) is 2.41. The Labute approximate surface area is 79.5 Å². The number of ether oxygens (including phenoxy) is 1. The van der Waals surface area contributed by atoms with E-state index in [1.165, 1.54) is 7.11 Å². The lowest BCUT2D eigenvalue weighted by atomic mass is 10.2. The van der Waals surface area contributed by atoms with Crippen LogP contribution >= 0.6 is 15.9 Å². The molecule has 0 spiro atoms. The maximum atomic E-state index is 9.29. The highest BCUT2D eigenvalue weighted by Gasteiger charge is 2.09. The van der Waals surface area contributed by atoms with Gasteiger partial charge in [-0.15, -0.1) is 0 Å². The highest BCUT2D eigenvalue weighted by molar-refractivity contribution is 9.10. The summed E-state index contributed by atoms with van der Waals surface area (Å²) in [5.41, 5.74) is 0.695. The smallest absolute Gasteiger partial charge is 0.219 e. The van der Waals surface area contributed by atoms with Crippen LogP contribution in [0.2, 0.25) is 0 Å². The van der Waals surface area contributed by atoms with Gasteiger partial charge in [-0.05, 0) is 35.0 Å². The molecule has 3 nitrogen and oxygen atoms in total. The molecule has 1 aromatic rings. The number of aliphatic hydroxyl groups is 1. The summed E-state index contributed by atoms with van der Waals surface area (Å²) in [6.45, 7) is 1.67. The van der Waals surface area contributed by atoms with Crippen molar-refractivity contribution in [2.45, 2.75) is 13.0 Å². The molecule has 1 heterocycles. The van der Waals surface area contributed by atoms with Gasteiger partial charge in [-0.1, -0.05) is 0 Å². The first-order valence-corrected chi connectivity index (χ1v) is 4.33. The van der Waals surface area contributed by atoms with Gasteiger partial charge in [0.25, 0.3) is 0 Å². The van der Waals surface area contributed by atoms with Crippen molar-refractivity contribution in [1.82, 2.24) is 4.98 Å². The molecule has 0 saturated carbocycles. The van der Waals surface area contributed by atoms with Crippen LogP contribution < -0.4 is 4.74 Å². The van der Waals surface area contributed by atoms with Gasteiger partial charge in [0.05, 0.1) is 13.2 Å². The van der Waals surface area contributed by atoms with Gasteiger partial charge in [0.2, 0.25) is 5.88 Å². The monoisotopic (exact) mass is 231 g/mol. The molecule has 0 saturated heterocycles. The Morgan fingerprint density at radius 2 is 2.25 bits per heavy atom. The van der Waals surface area contributed by atoms with Crippen molar-refractivity contribution in [3.63, 3.8) is 0 Å². The molecule has 1 atom stereocenters. The number of rotatable bonds is 2. The first-order valence-electron chi connectivity index (χ1n) is 3.53. The molecular formula is C8H10BrNO2. The predicted molar refractivity (Wildman–Crippen MR) is 49.1 cm³/mol. The molecule has 1 aromatic heterocycles. The minimum atomic E-state index is -0.555. The number of halogens is 1. The second-order valence-corrected chi connectivity index (χ2v) is 3.22. The van der Waals surface area contributed by atoms with Crippen LogP contribution in [-0.4, -0.2) is 17.2 Å². The zero-order valence-electron chi connectivity index (χ0n) is 6.91. The van der Waals surface area contributed by atoms with Crippen molar-refractivity contribution >= 4 is 15.9 Å². The van der Waals surface area contributed by atoms with Gasteiger partial charge in [-0.3, -0.25) is 0 Å². The van der Waals surface area contributed by atoms with Crippen LogP contribution in [0.15, 0.2) is 16.7 Å². The SMILES string of the molecule is COc1nc(Br)ccc1C(C)O. The lowest BCUT2D eigenvalue weighted by Gasteiger charge is -2.09. The van der Waals surface area contributed by atoms with E-state index in [2.05, 4.69) is 20.9 Å². The van der Waals surface area contributed by atoms with E-state index in [1.807, 2.05) is 0 Å². The second kappa shape index (κ2) is 3.87. The molecule has 0 aliphatic heterocycles. The van der Waals surface area contributed by atoms with Crippen LogP contribution in [0.3, 0.4) is 0 Å². The Bertz CT molecular complexity index is 276. The Hall–Kier alpha value is -0.610. The minimum absolute atomic E-state index is 0.458. The fraction of sp³-hybridized carbons (Fsp3) is 0.375. The highest BCUT2D eigenvalue weighted by Crippen LogP contribution is 2.24. The molecule has 1 unspecified atom stereocenters. The molecule has 0 aliphatic rings. The third-order valence-corrected chi connectivity index (χ3v) is 1.94. The quantitative estimate of drug-likeness (QED) is 0.792. The number of hydrogen-bond acceptors (Lipinski definition) is 3. The summed E-state index contributed by atoms with van der Waals surface area (Å²) in [5, 5.41) is 9.29. The number of nitrogens with zero attached hydrogens (tertiary/aromatic N) is 1. The summed E-state index contributed by atoms with van der Waals surface area (Å²) in [5.74, 6) is 0.458. The van der Waals surface area contributed by atoms with Crippen molar-refractivity contribution in [3.05, 3.63) is 22.3 Å². The van der Waals surface area contributed by atoms with Gasteiger partial charge in [-0.25, -0.2) is 4.98 Å². The van der Waals surface area contributed by atoms with E-state index in [0.29, 0.717) is 16.0 Å². The number of aromatic nitrogens is 1. The molecule has 12 heavy (non-hydrogen) atoms. The minimum Gasteiger partial charge on any atom is -0.481 e. The van der Waals surface area contributed by atoms with Gasteiger partial charge < -0.3 is 9.84 Å². The molecule has 0 radical (unpaired) electrons. The molecular weight excluding hydrogens is 222 g/mol. The van der Waals surface area contributed by atoms with Crippen LogP contribution in [0, 0.1) is 0 Å². The summed E-state index contributed by atoms with van der Waals surface area (Å²) >= 11 is 3.21. The van der Waals surface area contributed by atoms with Crippen molar-refractivity contribution in [1.29, 1.82) is 0 Å². The van der Waals surface area contributed by atoms with E-state index < -0.39 is 6.10 Å². The van der Waals surface area contributed by atoms with E-state index in [4.69, 9.17) is 4.74 Å². The van der Waals surface area contributed by atoms with Crippen molar-refractivity contribution < 1.29 is 9.84 Å². The predicted octanol–water partition coefficient (Wildman–Crippen LogP) is 1.91. The number of aliphatic hydroxyl groups excluding tert-OH is 1. The summed E-state index contributed by atoms with van der Waals surface area (Å²) in [4.78, 5) is 4.05. The summed E-state index contributed by atoms with van der Waals surface area (Å²) in [7, 11) is 1.53. The first-order chi connectivity index (χ1) is 5.65. The van der Waals surface area contributed by atoms with E-state index >= 15 is 0 Å². The summed E-state index contributed by atoms with van der Waals surface area (Å²) in [6, 6.07) is 3.55. The van der Waals surface area contributed by atoms with Crippen molar-refractivity contribution in [2.75, 3.05) is 7.11 Å². The molecule has 4 heteroatoms. The van der Waals surface area contributed by atoms with E-state index in [0.717, 1.165) is 0 Å². The van der Waals surface area contributed by atoms with E-state index in [-0.39, 0.29) is 0 Å². The van der Waals surface area contributed by atoms with Crippen molar-refractivity contribution in [2.24, 2.45) is 0 Å².